The molecule has 1 saturated heterocycles. The molecule has 0 spiro atoms. The highest BCUT2D eigenvalue weighted by Gasteiger charge is 2.37. The largest absolute Gasteiger partial charge is 0.468 e. The predicted octanol–water partition coefficient (Wildman–Crippen LogP) is -0.144. The fraction of sp³-hybridized carbons (Fsp3) is 0.923. The van der Waals surface area contributed by atoms with E-state index in [1.165, 1.54) is 0 Å². The molecule has 1 aliphatic heterocycles. The van der Waals surface area contributed by atoms with Gasteiger partial charge in [-0.05, 0) is 37.5 Å². The van der Waals surface area contributed by atoms with Crippen LogP contribution in [0.1, 0.15) is 25.7 Å². The molecule has 1 aliphatic carbocycles. The summed E-state index contributed by atoms with van der Waals surface area (Å²) in [6, 6.07) is 0. The average molecular weight is 255 g/mol. The monoisotopic (exact) mass is 255 g/mol. The Morgan fingerprint density at radius 2 is 1.78 bits per heavy atom. The van der Waals surface area contributed by atoms with E-state index in [1.54, 1.807) is 0 Å². The number of hydrogen-bond donors (Lipinski definition) is 3. The van der Waals surface area contributed by atoms with Gasteiger partial charge in [0.05, 0.1) is 6.61 Å². The molecule has 2 aliphatic rings. The number of hydrogen-bond acceptors (Lipinski definition) is 5. The van der Waals surface area contributed by atoms with E-state index in [2.05, 4.69) is 10.6 Å². The fourth-order valence-corrected chi connectivity index (χ4v) is 3.25. The molecule has 4 N–H and O–H groups in total. The number of carbonyl (C=O) groups excluding carboxylic acids is 1. The van der Waals surface area contributed by atoms with Crippen molar-refractivity contribution in [1.82, 2.24) is 10.6 Å². The molecule has 0 aromatic carbocycles. The van der Waals surface area contributed by atoms with Gasteiger partial charge in [-0.15, -0.1) is 0 Å². The molecule has 1 heterocycles. The van der Waals surface area contributed by atoms with Crippen molar-refractivity contribution in [3.8, 4) is 0 Å². The molecule has 0 atom stereocenters. The summed E-state index contributed by atoms with van der Waals surface area (Å²) in [7, 11) is 0. The Hall–Kier alpha value is -0.650. The van der Waals surface area contributed by atoms with Crippen molar-refractivity contribution < 1.29 is 9.53 Å². The summed E-state index contributed by atoms with van der Waals surface area (Å²) in [6.45, 7) is 4.93. The van der Waals surface area contributed by atoms with Gasteiger partial charge in [-0.1, -0.05) is 0 Å². The summed E-state index contributed by atoms with van der Waals surface area (Å²) in [6.07, 6.45) is 4.54. The van der Waals surface area contributed by atoms with Crippen LogP contribution in [0.5, 0.6) is 0 Å². The van der Waals surface area contributed by atoms with Gasteiger partial charge in [-0.25, -0.2) is 0 Å². The van der Waals surface area contributed by atoms with Crippen LogP contribution in [-0.4, -0.2) is 44.8 Å². The third-order valence-corrected chi connectivity index (χ3v) is 4.45. The normalized spacial score (nSPS) is 32.5. The highest BCUT2D eigenvalue weighted by Crippen LogP contribution is 2.34. The summed E-state index contributed by atoms with van der Waals surface area (Å²) in [5.41, 5.74) is 6.45. The minimum absolute atomic E-state index is 0.118. The van der Waals surface area contributed by atoms with Gasteiger partial charge in [0, 0.05) is 31.7 Å². The maximum Gasteiger partial charge on any atom is 0.293 e. The van der Waals surface area contributed by atoms with Crippen molar-refractivity contribution in [2.75, 3.05) is 32.8 Å². The SMILES string of the molecule is NC1(C2CCC(COC=O)CC2)CNCCNC1. The molecule has 18 heavy (non-hydrogen) atoms. The maximum atomic E-state index is 10.2. The Morgan fingerprint density at radius 3 is 2.33 bits per heavy atom. The van der Waals surface area contributed by atoms with Crippen LogP contribution in [0.15, 0.2) is 0 Å². The summed E-state index contributed by atoms with van der Waals surface area (Å²) in [5.74, 6) is 1.10. The molecule has 0 amide bonds. The zero-order valence-electron chi connectivity index (χ0n) is 11.0. The van der Waals surface area contributed by atoms with E-state index in [9.17, 15) is 4.79 Å². The van der Waals surface area contributed by atoms with E-state index in [1.807, 2.05) is 0 Å². The number of ether oxygens (including phenoxy) is 1. The second kappa shape index (κ2) is 6.50. The number of carbonyl (C=O) groups is 1. The lowest BCUT2D eigenvalue weighted by molar-refractivity contribution is -0.130. The highest BCUT2D eigenvalue weighted by atomic mass is 16.5. The molecule has 0 aromatic heterocycles. The van der Waals surface area contributed by atoms with E-state index in [4.69, 9.17) is 10.5 Å². The Bertz CT molecular complexity index is 257. The van der Waals surface area contributed by atoms with Gasteiger partial charge >= 0.3 is 0 Å². The first-order valence-corrected chi connectivity index (χ1v) is 7.00. The first-order chi connectivity index (χ1) is 8.74. The van der Waals surface area contributed by atoms with Gasteiger partial charge in [-0.2, -0.15) is 0 Å². The van der Waals surface area contributed by atoms with Gasteiger partial charge in [0.2, 0.25) is 0 Å². The molecule has 0 unspecified atom stereocenters. The third kappa shape index (κ3) is 3.43. The second-order valence-electron chi connectivity index (χ2n) is 5.73. The molecular weight excluding hydrogens is 230 g/mol. The molecule has 5 heteroatoms. The van der Waals surface area contributed by atoms with Gasteiger partial charge in [0.15, 0.2) is 0 Å². The van der Waals surface area contributed by atoms with Gasteiger partial charge < -0.3 is 21.1 Å². The van der Waals surface area contributed by atoms with E-state index < -0.39 is 0 Å². The smallest absolute Gasteiger partial charge is 0.293 e. The van der Waals surface area contributed by atoms with Crippen LogP contribution in [-0.2, 0) is 9.53 Å². The molecule has 0 bridgehead atoms. The Kier molecular flexibility index (Phi) is 4.97. The van der Waals surface area contributed by atoms with Crippen molar-refractivity contribution in [1.29, 1.82) is 0 Å². The lowest BCUT2D eigenvalue weighted by Gasteiger charge is -2.40. The zero-order valence-corrected chi connectivity index (χ0v) is 11.0. The molecule has 104 valence electrons. The second-order valence-corrected chi connectivity index (χ2v) is 5.73. The van der Waals surface area contributed by atoms with Crippen molar-refractivity contribution in [3.63, 3.8) is 0 Å². The number of nitrogens with two attached hydrogens (primary N) is 1. The molecule has 1 saturated carbocycles. The predicted molar refractivity (Wildman–Crippen MR) is 70.1 cm³/mol. The van der Waals surface area contributed by atoms with Crippen LogP contribution in [0.3, 0.4) is 0 Å². The lowest BCUT2D eigenvalue weighted by atomic mass is 9.72. The van der Waals surface area contributed by atoms with Crippen LogP contribution in [0.2, 0.25) is 0 Å². The summed E-state index contributed by atoms with van der Waals surface area (Å²) < 4.78 is 4.86. The Balaban J connectivity index is 1.82. The molecule has 5 nitrogen and oxygen atoms in total. The van der Waals surface area contributed by atoms with Gasteiger partial charge in [0.1, 0.15) is 0 Å². The van der Waals surface area contributed by atoms with Crippen molar-refractivity contribution in [2.24, 2.45) is 17.6 Å². The minimum Gasteiger partial charge on any atom is -0.468 e. The highest BCUT2D eigenvalue weighted by molar-refractivity contribution is 5.36. The van der Waals surface area contributed by atoms with Crippen molar-refractivity contribution in [2.45, 2.75) is 31.2 Å². The summed E-state index contributed by atoms with van der Waals surface area (Å²) >= 11 is 0. The van der Waals surface area contributed by atoms with Crippen LogP contribution >= 0.6 is 0 Å². The van der Waals surface area contributed by atoms with Crippen LogP contribution in [0, 0.1) is 11.8 Å². The topological polar surface area (TPSA) is 76.4 Å². The van der Waals surface area contributed by atoms with Gasteiger partial charge in [0.25, 0.3) is 6.47 Å². The van der Waals surface area contributed by atoms with Crippen LogP contribution in [0.25, 0.3) is 0 Å². The molecule has 0 aromatic rings. The van der Waals surface area contributed by atoms with E-state index >= 15 is 0 Å². The fourth-order valence-electron chi connectivity index (χ4n) is 3.25. The first-order valence-electron chi connectivity index (χ1n) is 7.00. The lowest BCUT2D eigenvalue weighted by Crippen LogP contribution is -2.59. The van der Waals surface area contributed by atoms with Gasteiger partial charge in [-0.3, -0.25) is 4.79 Å². The first kappa shape index (κ1) is 13.8. The average Bonchev–Trinajstić information content (AvgIpc) is 2.63. The van der Waals surface area contributed by atoms with Crippen molar-refractivity contribution in [3.05, 3.63) is 0 Å². The maximum absolute atomic E-state index is 10.2. The van der Waals surface area contributed by atoms with Crippen LogP contribution in [0.4, 0.5) is 0 Å². The van der Waals surface area contributed by atoms with E-state index in [-0.39, 0.29) is 5.54 Å². The number of nitrogens with one attached hydrogen (secondary N) is 2. The zero-order chi connectivity index (χ0) is 12.8. The summed E-state index contributed by atoms with van der Waals surface area (Å²) in [5, 5.41) is 6.84. The third-order valence-electron chi connectivity index (χ3n) is 4.45. The van der Waals surface area contributed by atoms with Crippen LogP contribution < -0.4 is 16.4 Å². The number of rotatable bonds is 4. The standard InChI is InChI=1S/C13H25N3O2/c14-13(8-15-5-6-16-9-13)12-3-1-11(2-4-12)7-18-10-17/h10-12,15-16H,1-9,14H2. The Labute approximate surface area is 109 Å². The summed E-state index contributed by atoms with van der Waals surface area (Å²) in [4.78, 5) is 10.2. The molecular formula is C13H25N3O2. The minimum atomic E-state index is -0.118. The molecule has 2 fully saturated rings. The quantitative estimate of drug-likeness (QED) is 0.609. The van der Waals surface area contributed by atoms with Crippen molar-refractivity contribution >= 4 is 6.47 Å². The van der Waals surface area contributed by atoms with E-state index in [0.717, 1.165) is 51.9 Å². The van der Waals surface area contributed by atoms with E-state index in [0.29, 0.717) is 24.9 Å². The molecule has 2 rings (SSSR count). The molecule has 0 radical (unpaired) electrons. The Morgan fingerprint density at radius 1 is 1.17 bits per heavy atom.